The highest BCUT2D eigenvalue weighted by molar-refractivity contribution is 5.82. The average Bonchev–Trinajstić information content (AvgIpc) is 2.68. The molecule has 1 aromatic heterocycles. The lowest BCUT2D eigenvalue weighted by Crippen LogP contribution is -2.12. The number of aromatic nitrogens is 1. The molecule has 0 bridgehead atoms. The number of oxime groups is 1. The molecule has 0 spiro atoms. The van der Waals surface area contributed by atoms with Gasteiger partial charge in [-0.25, -0.2) is 4.39 Å². The summed E-state index contributed by atoms with van der Waals surface area (Å²) in [6.07, 6.45) is 0.779. The number of benzene rings is 1. The van der Waals surface area contributed by atoms with Gasteiger partial charge in [0.2, 0.25) is 0 Å². The summed E-state index contributed by atoms with van der Waals surface area (Å²) in [5, 5.41) is 15.7. The van der Waals surface area contributed by atoms with Gasteiger partial charge in [0.25, 0.3) is 0 Å². The van der Waals surface area contributed by atoms with Crippen LogP contribution in [0.25, 0.3) is 11.0 Å². The smallest absolute Gasteiger partial charge is 0.167 e. The highest BCUT2D eigenvalue weighted by Crippen LogP contribution is 2.20. The number of hydrogen-bond acceptors (Lipinski definition) is 4. The molecule has 5 nitrogen and oxygen atoms in total. The van der Waals surface area contributed by atoms with Gasteiger partial charge in [-0.2, -0.15) is 0 Å². The van der Waals surface area contributed by atoms with E-state index in [1.807, 2.05) is 0 Å². The topological polar surface area (TPSA) is 84.6 Å². The molecular weight excluding hydrogens is 213 g/mol. The number of nitrogens with two attached hydrogens (primary N) is 1. The van der Waals surface area contributed by atoms with E-state index in [0.717, 1.165) is 0 Å². The van der Waals surface area contributed by atoms with Crippen molar-refractivity contribution in [3.8, 4) is 0 Å². The van der Waals surface area contributed by atoms with E-state index in [1.54, 1.807) is 0 Å². The zero-order valence-electron chi connectivity index (χ0n) is 8.35. The second-order valence-corrected chi connectivity index (χ2v) is 3.36. The Kier molecular flexibility index (Phi) is 2.72. The molecule has 0 radical (unpaired) electrons. The average molecular weight is 223 g/mol. The molecule has 1 aromatic carbocycles. The van der Waals surface area contributed by atoms with Gasteiger partial charge in [-0.3, -0.25) is 0 Å². The number of hydrogen-bond donors (Lipinski definition) is 2. The predicted molar refractivity (Wildman–Crippen MR) is 55.7 cm³/mol. The van der Waals surface area contributed by atoms with Crippen LogP contribution in [0, 0.1) is 5.82 Å². The van der Waals surface area contributed by atoms with Crippen molar-refractivity contribution in [2.24, 2.45) is 10.9 Å². The molecule has 0 aliphatic heterocycles. The minimum Gasteiger partial charge on any atom is -0.409 e. The molecule has 16 heavy (non-hydrogen) atoms. The first-order valence-electron chi connectivity index (χ1n) is 4.71. The van der Waals surface area contributed by atoms with E-state index in [0.29, 0.717) is 29.5 Å². The van der Waals surface area contributed by atoms with Crippen LogP contribution in [-0.2, 0) is 6.42 Å². The standard InChI is InChI=1S/C10H10FN3O2/c11-6-1-3-9-7(5-6)8(14-16-9)2-4-10(12)13-15/h1,3,5,15H,2,4H2,(H2,12,13). The van der Waals surface area contributed by atoms with Crippen molar-refractivity contribution >= 4 is 16.8 Å². The zero-order chi connectivity index (χ0) is 11.5. The predicted octanol–water partition coefficient (Wildman–Crippen LogP) is 1.65. The fourth-order valence-corrected chi connectivity index (χ4v) is 1.44. The molecule has 0 aliphatic carbocycles. The molecule has 0 atom stereocenters. The van der Waals surface area contributed by atoms with Crippen LogP contribution in [0.4, 0.5) is 4.39 Å². The summed E-state index contributed by atoms with van der Waals surface area (Å²) < 4.78 is 18.0. The normalized spacial score (nSPS) is 12.2. The maximum Gasteiger partial charge on any atom is 0.167 e. The van der Waals surface area contributed by atoms with Gasteiger partial charge in [-0.05, 0) is 18.2 Å². The Morgan fingerprint density at radius 1 is 1.56 bits per heavy atom. The number of aryl methyl sites for hydroxylation is 1. The summed E-state index contributed by atoms with van der Waals surface area (Å²) in [5.41, 5.74) is 6.45. The van der Waals surface area contributed by atoms with Crippen LogP contribution >= 0.6 is 0 Å². The van der Waals surface area contributed by atoms with Crippen molar-refractivity contribution in [1.29, 1.82) is 0 Å². The molecule has 84 valence electrons. The zero-order valence-corrected chi connectivity index (χ0v) is 8.35. The third-order valence-corrected chi connectivity index (χ3v) is 2.25. The molecule has 2 rings (SSSR count). The maximum atomic E-state index is 13.0. The van der Waals surface area contributed by atoms with Crippen LogP contribution in [0.15, 0.2) is 27.9 Å². The number of nitrogens with zero attached hydrogens (tertiary/aromatic N) is 2. The first-order valence-corrected chi connectivity index (χ1v) is 4.71. The van der Waals surface area contributed by atoms with Crippen molar-refractivity contribution in [2.45, 2.75) is 12.8 Å². The first-order chi connectivity index (χ1) is 7.70. The fourth-order valence-electron chi connectivity index (χ4n) is 1.44. The SMILES string of the molecule is N/C(CCc1noc2ccc(F)cc12)=N\O. The van der Waals surface area contributed by atoms with Gasteiger partial charge in [0, 0.05) is 18.2 Å². The summed E-state index contributed by atoms with van der Waals surface area (Å²) in [5.74, 6) is -0.242. The Morgan fingerprint density at radius 3 is 3.12 bits per heavy atom. The van der Waals surface area contributed by atoms with Crippen molar-refractivity contribution in [3.63, 3.8) is 0 Å². The Morgan fingerprint density at radius 2 is 2.38 bits per heavy atom. The largest absolute Gasteiger partial charge is 0.409 e. The first kappa shape index (κ1) is 10.4. The van der Waals surface area contributed by atoms with Crippen LogP contribution < -0.4 is 5.73 Å². The van der Waals surface area contributed by atoms with Crippen LogP contribution in [0.2, 0.25) is 0 Å². The number of fused-ring (bicyclic) bond motifs is 1. The number of amidine groups is 1. The Balaban J connectivity index is 2.27. The Bertz CT molecular complexity index is 536. The maximum absolute atomic E-state index is 13.0. The number of halogens is 1. The summed E-state index contributed by atoms with van der Waals surface area (Å²) in [6.45, 7) is 0. The Hall–Kier alpha value is -2.11. The van der Waals surface area contributed by atoms with E-state index in [1.165, 1.54) is 18.2 Å². The van der Waals surface area contributed by atoms with Crippen molar-refractivity contribution in [3.05, 3.63) is 29.7 Å². The van der Waals surface area contributed by atoms with Crippen LogP contribution in [0.1, 0.15) is 12.1 Å². The van der Waals surface area contributed by atoms with Crippen molar-refractivity contribution < 1.29 is 14.1 Å². The molecule has 3 N–H and O–H groups in total. The Labute approximate surface area is 90.3 Å². The lowest BCUT2D eigenvalue weighted by atomic mass is 10.1. The third kappa shape index (κ3) is 1.95. The summed E-state index contributed by atoms with van der Waals surface area (Å²) in [4.78, 5) is 0. The molecule has 0 saturated carbocycles. The molecule has 0 saturated heterocycles. The van der Waals surface area contributed by atoms with Gasteiger partial charge in [-0.15, -0.1) is 0 Å². The van der Waals surface area contributed by atoms with E-state index >= 15 is 0 Å². The fraction of sp³-hybridized carbons (Fsp3) is 0.200. The highest BCUT2D eigenvalue weighted by atomic mass is 19.1. The molecule has 1 heterocycles. The molecule has 0 unspecified atom stereocenters. The van der Waals surface area contributed by atoms with E-state index < -0.39 is 0 Å². The highest BCUT2D eigenvalue weighted by Gasteiger charge is 2.09. The van der Waals surface area contributed by atoms with E-state index in [2.05, 4.69) is 10.3 Å². The number of rotatable bonds is 3. The quantitative estimate of drug-likeness (QED) is 0.358. The van der Waals surface area contributed by atoms with Gasteiger partial charge in [0.1, 0.15) is 11.7 Å². The molecule has 0 fully saturated rings. The van der Waals surface area contributed by atoms with E-state index in [9.17, 15) is 4.39 Å². The van der Waals surface area contributed by atoms with Crippen LogP contribution in [0.3, 0.4) is 0 Å². The molecule has 6 heteroatoms. The van der Waals surface area contributed by atoms with Gasteiger partial charge < -0.3 is 15.5 Å². The lowest BCUT2D eigenvalue weighted by Gasteiger charge is -1.95. The molecule has 0 aliphatic rings. The van der Waals surface area contributed by atoms with E-state index in [4.69, 9.17) is 15.5 Å². The summed E-state index contributed by atoms with van der Waals surface area (Å²) in [6, 6.07) is 4.18. The van der Waals surface area contributed by atoms with Gasteiger partial charge in [-0.1, -0.05) is 10.3 Å². The van der Waals surface area contributed by atoms with Gasteiger partial charge in [0.15, 0.2) is 5.58 Å². The van der Waals surface area contributed by atoms with Gasteiger partial charge >= 0.3 is 0 Å². The minimum atomic E-state index is -0.347. The van der Waals surface area contributed by atoms with Gasteiger partial charge in [0.05, 0.1) is 5.69 Å². The lowest BCUT2D eigenvalue weighted by molar-refractivity contribution is 0.317. The second kappa shape index (κ2) is 4.18. The van der Waals surface area contributed by atoms with E-state index in [-0.39, 0.29) is 11.7 Å². The van der Waals surface area contributed by atoms with Crippen molar-refractivity contribution in [2.75, 3.05) is 0 Å². The van der Waals surface area contributed by atoms with Crippen LogP contribution in [0.5, 0.6) is 0 Å². The molecular formula is C10H10FN3O2. The summed E-state index contributed by atoms with van der Waals surface area (Å²) >= 11 is 0. The minimum absolute atomic E-state index is 0.104. The van der Waals surface area contributed by atoms with Crippen molar-refractivity contribution in [1.82, 2.24) is 5.16 Å². The van der Waals surface area contributed by atoms with Crippen LogP contribution in [-0.4, -0.2) is 16.2 Å². The monoisotopic (exact) mass is 223 g/mol. The third-order valence-electron chi connectivity index (χ3n) is 2.25. The second-order valence-electron chi connectivity index (χ2n) is 3.36. The summed E-state index contributed by atoms with van der Waals surface area (Å²) in [7, 11) is 0. The molecule has 0 amide bonds. The molecule has 2 aromatic rings.